The Morgan fingerprint density at radius 3 is 2.38 bits per heavy atom. The van der Waals surface area contributed by atoms with E-state index >= 15 is 0 Å². The van der Waals surface area contributed by atoms with Crippen LogP contribution in [0.5, 0.6) is 0 Å². The molecule has 0 heterocycles. The van der Waals surface area contributed by atoms with Crippen LogP contribution in [0.25, 0.3) is 0 Å². The topological polar surface area (TPSA) is 3.24 Å². The van der Waals surface area contributed by atoms with Crippen molar-refractivity contribution in [1.82, 2.24) is 4.90 Å². The first kappa shape index (κ1) is 12.4. The molecule has 0 aromatic heterocycles. The van der Waals surface area contributed by atoms with Gasteiger partial charge in [-0.25, -0.2) is 0 Å². The Balaban J connectivity index is 1.86. The Labute approximate surface area is 112 Å². The lowest BCUT2D eigenvalue weighted by Gasteiger charge is -2.33. The Morgan fingerprint density at radius 1 is 1.12 bits per heavy atom. The van der Waals surface area contributed by atoms with Crippen molar-refractivity contribution >= 4 is 22.6 Å². The molecule has 1 fully saturated rings. The van der Waals surface area contributed by atoms with Crippen molar-refractivity contribution in [1.29, 1.82) is 0 Å². The fourth-order valence-electron chi connectivity index (χ4n) is 2.48. The molecule has 0 saturated heterocycles. The molecule has 0 spiro atoms. The largest absolute Gasteiger partial charge is 0.299 e. The first-order chi connectivity index (χ1) is 7.75. The summed E-state index contributed by atoms with van der Waals surface area (Å²) in [6.45, 7) is 1.09. The smallest absolute Gasteiger partial charge is 0.0233 e. The van der Waals surface area contributed by atoms with Gasteiger partial charge in [0.2, 0.25) is 0 Å². The molecule has 0 unspecified atom stereocenters. The summed E-state index contributed by atoms with van der Waals surface area (Å²) < 4.78 is 0.916. The molecule has 1 aromatic carbocycles. The van der Waals surface area contributed by atoms with Gasteiger partial charge >= 0.3 is 0 Å². The molecular weight excluding hydrogens is 309 g/mol. The molecule has 0 aliphatic heterocycles. The minimum Gasteiger partial charge on any atom is -0.299 e. The van der Waals surface area contributed by atoms with Gasteiger partial charge in [-0.1, -0.05) is 52.9 Å². The first-order valence-electron chi connectivity index (χ1n) is 6.14. The lowest BCUT2D eigenvalue weighted by Crippen LogP contribution is -2.34. The normalized spacial score (nSPS) is 25.9. The Morgan fingerprint density at radius 2 is 1.75 bits per heavy atom. The van der Waals surface area contributed by atoms with E-state index in [1.165, 1.54) is 31.2 Å². The highest BCUT2D eigenvalue weighted by atomic mass is 127. The van der Waals surface area contributed by atoms with Gasteiger partial charge in [0.15, 0.2) is 0 Å². The third kappa shape index (κ3) is 3.45. The van der Waals surface area contributed by atoms with Crippen molar-refractivity contribution in [3.05, 3.63) is 35.9 Å². The highest BCUT2D eigenvalue weighted by Gasteiger charge is 2.22. The van der Waals surface area contributed by atoms with Gasteiger partial charge in [-0.05, 0) is 38.3 Å². The van der Waals surface area contributed by atoms with E-state index in [2.05, 4.69) is 64.9 Å². The van der Waals surface area contributed by atoms with Gasteiger partial charge in [-0.3, -0.25) is 4.90 Å². The molecule has 2 rings (SSSR count). The molecule has 0 bridgehead atoms. The molecule has 2 heteroatoms. The van der Waals surface area contributed by atoms with Crippen molar-refractivity contribution < 1.29 is 0 Å². The average molecular weight is 329 g/mol. The number of halogens is 1. The van der Waals surface area contributed by atoms with Crippen LogP contribution in [0.4, 0.5) is 0 Å². The van der Waals surface area contributed by atoms with Crippen LogP contribution in [0.3, 0.4) is 0 Å². The first-order valence-corrected chi connectivity index (χ1v) is 7.38. The van der Waals surface area contributed by atoms with Crippen molar-refractivity contribution in [2.75, 3.05) is 7.05 Å². The summed E-state index contributed by atoms with van der Waals surface area (Å²) in [7, 11) is 2.27. The van der Waals surface area contributed by atoms with Crippen LogP contribution < -0.4 is 0 Å². The van der Waals surface area contributed by atoms with Crippen molar-refractivity contribution in [3.63, 3.8) is 0 Å². The van der Waals surface area contributed by atoms with Gasteiger partial charge < -0.3 is 0 Å². The Bertz CT molecular complexity index is 304. The number of benzene rings is 1. The van der Waals surface area contributed by atoms with Crippen molar-refractivity contribution in [3.8, 4) is 0 Å². The second kappa shape index (κ2) is 6.01. The molecule has 88 valence electrons. The lowest BCUT2D eigenvalue weighted by molar-refractivity contribution is 0.188. The molecule has 1 aliphatic rings. The molecular formula is C14H20IN. The number of hydrogen-bond acceptors (Lipinski definition) is 1. The molecule has 0 amide bonds. The lowest BCUT2D eigenvalue weighted by atomic mass is 9.94. The van der Waals surface area contributed by atoms with Crippen LogP contribution in [0.15, 0.2) is 30.3 Å². The van der Waals surface area contributed by atoms with E-state index < -0.39 is 0 Å². The van der Waals surface area contributed by atoms with Crippen LogP contribution in [0.2, 0.25) is 0 Å². The molecule has 0 atom stereocenters. The standard InChI is InChI=1S/C14H20IN/c1-16(11-12-5-3-2-4-6-12)14-9-7-13(15)8-10-14/h2-6,13-14H,7-11H2,1H3. The minimum absolute atomic E-state index is 0.797. The maximum absolute atomic E-state index is 2.60. The van der Waals surface area contributed by atoms with E-state index in [0.717, 1.165) is 16.5 Å². The van der Waals surface area contributed by atoms with Crippen molar-refractivity contribution in [2.24, 2.45) is 0 Å². The fourth-order valence-corrected chi connectivity index (χ4v) is 3.20. The number of nitrogens with zero attached hydrogens (tertiary/aromatic N) is 1. The second-order valence-corrected chi connectivity index (χ2v) is 6.57. The van der Waals surface area contributed by atoms with E-state index in [1.54, 1.807) is 0 Å². The van der Waals surface area contributed by atoms with Crippen LogP contribution in [-0.2, 0) is 6.54 Å². The van der Waals surface area contributed by atoms with E-state index in [-0.39, 0.29) is 0 Å². The summed E-state index contributed by atoms with van der Waals surface area (Å²) in [6.07, 6.45) is 5.53. The molecule has 1 aromatic rings. The number of rotatable bonds is 3. The summed E-state index contributed by atoms with van der Waals surface area (Å²) in [4.78, 5) is 2.53. The summed E-state index contributed by atoms with van der Waals surface area (Å²) in [5.74, 6) is 0. The van der Waals surface area contributed by atoms with E-state index in [9.17, 15) is 0 Å². The van der Waals surface area contributed by atoms with E-state index in [0.29, 0.717) is 0 Å². The van der Waals surface area contributed by atoms with Crippen LogP contribution >= 0.6 is 22.6 Å². The summed E-state index contributed by atoms with van der Waals surface area (Å²) in [5, 5.41) is 0. The fraction of sp³-hybridized carbons (Fsp3) is 0.571. The predicted molar refractivity (Wildman–Crippen MR) is 78.0 cm³/mol. The van der Waals surface area contributed by atoms with E-state index in [1.807, 2.05) is 0 Å². The van der Waals surface area contributed by atoms with Gasteiger partial charge in [-0.2, -0.15) is 0 Å². The van der Waals surface area contributed by atoms with Crippen LogP contribution in [0.1, 0.15) is 31.2 Å². The quantitative estimate of drug-likeness (QED) is 0.601. The number of alkyl halides is 1. The zero-order chi connectivity index (χ0) is 11.4. The molecule has 16 heavy (non-hydrogen) atoms. The summed E-state index contributed by atoms with van der Waals surface area (Å²) >= 11 is 2.60. The van der Waals surface area contributed by atoms with Crippen LogP contribution in [-0.4, -0.2) is 21.9 Å². The predicted octanol–water partition coefficient (Wildman–Crippen LogP) is 3.86. The SMILES string of the molecule is CN(Cc1ccccc1)C1CCC(I)CC1. The van der Waals surface area contributed by atoms with Gasteiger partial charge in [0.1, 0.15) is 0 Å². The van der Waals surface area contributed by atoms with Gasteiger partial charge in [0, 0.05) is 16.5 Å². The summed E-state index contributed by atoms with van der Waals surface area (Å²) in [6, 6.07) is 11.6. The maximum atomic E-state index is 2.60. The Hall–Kier alpha value is -0.0900. The summed E-state index contributed by atoms with van der Waals surface area (Å²) in [5.41, 5.74) is 1.43. The Kier molecular flexibility index (Phi) is 4.65. The molecule has 0 N–H and O–H groups in total. The van der Waals surface area contributed by atoms with Crippen molar-refractivity contribution in [2.45, 2.75) is 42.2 Å². The molecule has 1 aliphatic carbocycles. The van der Waals surface area contributed by atoms with Gasteiger partial charge in [0.05, 0.1) is 0 Å². The highest BCUT2D eigenvalue weighted by molar-refractivity contribution is 14.1. The average Bonchev–Trinajstić information content (AvgIpc) is 2.31. The maximum Gasteiger partial charge on any atom is 0.0233 e. The second-order valence-electron chi connectivity index (χ2n) is 4.81. The molecule has 1 nitrogen and oxygen atoms in total. The molecule has 1 saturated carbocycles. The number of hydrogen-bond donors (Lipinski definition) is 0. The highest BCUT2D eigenvalue weighted by Crippen LogP contribution is 2.27. The van der Waals surface area contributed by atoms with E-state index in [4.69, 9.17) is 0 Å². The van der Waals surface area contributed by atoms with Crippen LogP contribution in [0, 0.1) is 0 Å². The van der Waals surface area contributed by atoms with Gasteiger partial charge in [-0.15, -0.1) is 0 Å². The third-order valence-electron chi connectivity index (χ3n) is 3.52. The van der Waals surface area contributed by atoms with Gasteiger partial charge in [0.25, 0.3) is 0 Å². The minimum atomic E-state index is 0.797. The third-order valence-corrected chi connectivity index (χ3v) is 4.77. The zero-order valence-corrected chi connectivity index (χ0v) is 12.1. The monoisotopic (exact) mass is 329 g/mol. The molecule has 0 radical (unpaired) electrons. The zero-order valence-electron chi connectivity index (χ0n) is 9.90.